The molecule has 0 unspecified atom stereocenters. The highest BCUT2D eigenvalue weighted by Crippen LogP contribution is 2.10. The van der Waals surface area contributed by atoms with E-state index in [4.69, 9.17) is 5.84 Å². The number of nitrogens with one attached hydrogen (secondary N) is 1. The predicted octanol–water partition coefficient (Wildman–Crippen LogP) is 0.523. The number of nitrogen functional groups attached to an aromatic ring is 1. The third kappa shape index (κ3) is 1.84. The highest BCUT2D eigenvalue weighted by atomic mass is 16.1. The van der Waals surface area contributed by atoms with Gasteiger partial charge in [0, 0.05) is 5.56 Å². The van der Waals surface area contributed by atoms with E-state index in [1.54, 1.807) is 12.1 Å². The van der Waals surface area contributed by atoms with E-state index in [-0.39, 0.29) is 0 Å². The maximum Gasteiger partial charge on any atom is 0.193 e. The molecule has 1 rings (SSSR count). The Morgan fingerprint density at radius 2 is 2.17 bits per heavy atom. The summed E-state index contributed by atoms with van der Waals surface area (Å²) in [4.78, 5) is 9.95. The number of nitrogens with two attached hydrogens (primary N) is 1. The van der Waals surface area contributed by atoms with Crippen LogP contribution in [0.15, 0.2) is 24.3 Å². The Morgan fingerprint density at radius 1 is 1.42 bits per heavy atom. The molecule has 0 spiro atoms. The van der Waals surface area contributed by atoms with Gasteiger partial charge < -0.3 is 5.43 Å². The number of hydrazine groups is 1. The fourth-order valence-electron chi connectivity index (χ4n) is 0.825. The van der Waals surface area contributed by atoms with Gasteiger partial charge in [-0.3, -0.25) is 10.6 Å². The van der Waals surface area contributed by atoms with E-state index in [0.29, 0.717) is 17.5 Å². The van der Waals surface area contributed by atoms with Gasteiger partial charge in [-0.15, -0.1) is 0 Å². The summed E-state index contributed by atoms with van der Waals surface area (Å²) in [5.41, 5.74) is 3.92. The Morgan fingerprint density at radius 3 is 2.83 bits per heavy atom. The summed E-state index contributed by atoms with van der Waals surface area (Å²) in [6.07, 6.45) is 0.549. The van der Waals surface area contributed by atoms with Crippen LogP contribution in [0.4, 0.5) is 5.69 Å². The number of hydrogen-bond acceptors (Lipinski definition) is 3. The molecular formula is C9H8N2O. The van der Waals surface area contributed by atoms with Gasteiger partial charge in [-0.25, -0.2) is 0 Å². The van der Waals surface area contributed by atoms with Gasteiger partial charge >= 0.3 is 0 Å². The number of rotatable bonds is 1. The molecule has 0 aromatic heterocycles. The summed E-state index contributed by atoms with van der Waals surface area (Å²) in [5, 5.41) is 0. The first kappa shape index (κ1) is 8.31. The molecule has 1 aromatic rings. The molecule has 60 valence electrons. The van der Waals surface area contributed by atoms with E-state index >= 15 is 0 Å². The van der Waals surface area contributed by atoms with Crippen LogP contribution in [-0.2, 0) is 4.79 Å². The van der Waals surface area contributed by atoms with Crippen molar-refractivity contribution in [2.75, 3.05) is 5.43 Å². The van der Waals surface area contributed by atoms with Crippen LogP contribution >= 0.6 is 0 Å². The minimum absolute atomic E-state index is 0.549. The summed E-state index contributed by atoms with van der Waals surface area (Å²) in [5.74, 6) is 10.2. The molecule has 12 heavy (non-hydrogen) atoms. The van der Waals surface area contributed by atoms with Crippen LogP contribution in [0, 0.1) is 11.8 Å². The molecule has 0 heterocycles. The summed E-state index contributed by atoms with van der Waals surface area (Å²) in [6.45, 7) is 0. The first-order valence-electron chi connectivity index (χ1n) is 3.39. The fourth-order valence-corrected chi connectivity index (χ4v) is 0.825. The van der Waals surface area contributed by atoms with Crippen LogP contribution in [0.2, 0.25) is 0 Å². The predicted molar refractivity (Wildman–Crippen MR) is 47.2 cm³/mol. The Kier molecular flexibility index (Phi) is 2.88. The summed E-state index contributed by atoms with van der Waals surface area (Å²) >= 11 is 0. The second kappa shape index (κ2) is 4.16. The quantitative estimate of drug-likeness (QED) is 0.272. The van der Waals surface area contributed by atoms with E-state index in [1.807, 2.05) is 12.1 Å². The molecule has 3 nitrogen and oxygen atoms in total. The van der Waals surface area contributed by atoms with Gasteiger partial charge in [-0.2, -0.15) is 0 Å². The van der Waals surface area contributed by atoms with Crippen LogP contribution in [0.3, 0.4) is 0 Å². The molecule has 1 aromatic carbocycles. The first-order chi connectivity index (χ1) is 5.88. The van der Waals surface area contributed by atoms with Gasteiger partial charge in [0.25, 0.3) is 0 Å². The van der Waals surface area contributed by atoms with Crippen molar-refractivity contribution in [3.8, 4) is 11.8 Å². The molecule has 3 N–H and O–H groups in total. The molecule has 0 aliphatic carbocycles. The SMILES string of the molecule is NNc1ccccc1C#CC=O. The maximum atomic E-state index is 9.95. The van der Waals surface area contributed by atoms with Gasteiger partial charge in [-0.1, -0.05) is 18.1 Å². The van der Waals surface area contributed by atoms with Crippen molar-refractivity contribution in [1.82, 2.24) is 0 Å². The van der Waals surface area contributed by atoms with Crippen molar-refractivity contribution >= 4 is 12.0 Å². The Bertz CT molecular complexity index is 336. The molecule has 0 saturated heterocycles. The molecule has 0 bridgehead atoms. The van der Waals surface area contributed by atoms with E-state index in [1.165, 1.54) is 0 Å². The molecular weight excluding hydrogens is 152 g/mol. The molecule has 0 saturated carbocycles. The molecule has 0 aliphatic rings. The van der Waals surface area contributed by atoms with Crippen LogP contribution < -0.4 is 11.3 Å². The lowest BCUT2D eigenvalue weighted by Crippen LogP contribution is -2.07. The molecule has 0 radical (unpaired) electrons. The van der Waals surface area contributed by atoms with Crippen molar-refractivity contribution in [3.05, 3.63) is 29.8 Å². The van der Waals surface area contributed by atoms with E-state index in [2.05, 4.69) is 17.3 Å². The molecule has 0 fully saturated rings. The second-order valence-electron chi connectivity index (χ2n) is 2.08. The smallest absolute Gasteiger partial charge is 0.193 e. The van der Waals surface area contributed by atoms with Crippen LogP contribution in [-0.4, -0.2) is 6.29 Å². The zero-order valence-electron chi connectivity index (χ0n) is 6.37. The lowest BCUT2D eigenvalue weighted by atomic mass is 10.2. The van der Waals surface area contributed by atoms with Gasteiger partial charge in [0.15, 0.2) is 6.29 Å². The lowest BCUT2D eigenvalue weighted by Gasteiger charge is -2.00. The summed E-state index contributed by atoms with van der Waals surface area (Å²) < 4.78 is 0. The van der Waals surface area contributed by atoms with Crippen molar-refractivity contribution in [2.45, 2.75) is 0 Å². The zero-order chi connectivity index (χ0) is 8.81. The number of carbonyl (C=O) groups excluding carboxylic acids is 1. The van der Waals surface area contributed by atoms with Gasteiger partial charge in [0.05, 0.1) is 5.69 Å². The summed E-state index contributed by atoms with van der Waals surface area (Å²) in [7, 11) is 0. The first-order valence-corrected chi connectivity index (χ1v) is 3.39. The third-order valence-corrected chi connectivity index (χ3v) is 1.35. The Balaban J connectivity index is 3.04. The minimum atomic E-state index is 0.549. The van der Waals surface area contributed by atoms with Crippen molar-refractivity contribution in [2.24, 2.45) is 5.84 Å². The maximum absolute atomic E-state index is 9.95. The average Bonchev–Trinajstić information content (AvgIpc) is 2.15. The van der Waals surface area contributed by atoms with Crippen LogP contribution in [0.25, 0.3) is 0 Å². The van der Waals surface area contributed by atoms with Crippen LogP contribution in [0.1, 0.15) is 5.56 Å². The molecule has 3 heteroatoms. The largest absolute Gasteiger partial charge is 0.323 e. The molecule has 0 amide bonds. The Hall–Kier alpha value is -1.79. The zero-order valence-corrected chi connectivity index (χ0v) is 6.37. The summed E-state index contributed by atoms with van der Waals surface area (Å²) in [6, 6.07) is 7.23. The van der Waals surface area contributed by atoms with Crippen molar-refractivity contribution < 1.29 is 4.79 Å². The van der Waals surface area contributed by atoms with Crippen molar-refractivity contribution in [1.29, 1.82) is 0 Å². The third-order valence-electron chi connectivity index (χ3n) is 1.35. The van der Waals surface area contributed by atoms with E-state index in [9.17, 15) is 4.79 Å². The molecule has 0 atom stereocenters. The topological polar surface area (TPSA) is 55.1 Å². The second-order valence-corrected chi connectivity index (χ2v) is 2.08. The lowest BCUT2D eigenvalue weighted by molar-refractivity contribution is -0.103. The van der Waals surface area contributed by atoms with Crippen molar-refractivity contribution in [3.63, 3.8) is 0 Å². The average molecular weight is 160 g/mol. The van der Waals surface area contributed by atoms with Gasteiger partial charge in [-0.05, 0) is 18.1 Å². The number of para-hydroxylation sites is 1. The number of benzene rings is 1. The van der Waals surface area contributed by atoms with Gasteiger partial charge in [0.1, 0.15) is 0 Å². The Labute approximate surface area is 70.5 Å². The van der Waals surface area contributed by atoms with E-state index < -0.39 is 0 Å². The minimum Gasteiger partial charge on any atom is -0.323 e. The number of hydrogen-bond donors (Lipinski definition) is 2. The highest BCUT2D eigenvalue weighted by Gasteiger charge is 1.93. The number of aldehydes is 1. The number of carbonyl (C=O) groups is 1. The number of anilines is 1. The van der Waals surface area contributed by atoms with Crippen LogP contribution in [0.5, 0.6) is 0 Å². The highest BCUT2D eigenvalue weighted by molar-refractivity contribution is 5.75. The standard InChI is InChI=1S/C9H8N2O/c10-11-9-6-2-1-4-8(9)5-3-7-12/h1-2,4,6-7,11H,10H2. The fraction of sp³-hybridized carbons (Fsp3) is 0. The monoisotopic (exact) mass is 160 g/mol. The van der Waals surface area contributed by atoms with E-state index in [0.717, 1.165) is 0 Å². The molecule has 0 aliphatic heterocycles. The van der Waals surface area contributed by atoms with Gasteiger partial charge in [0.2, 0.25) is 0 Å². The normalized spacial score (nSPS) is 8.08.